The quantitative estimate of drug-likeness (QED) is 0.316. The summed E-state index contributed by atoms with van der Waals surface area (Å²) >= 11 is 4.41. The topological polar surface area (TPSA) is 69.0 Å². The van der Waals surface area contributed by atoms with Gasteiger partial charge < -0.3 is 10.1 Å². The van der Waals surface area contributed by atoms with E-state index in [4.69, 9.17) is 4.74 Å². The van der Waals surface area contributed by atoms with Gasteiger partial charge in [0.15, 0.2) is 11.0 Å². The summed E-state index contributed by atoms with van der Waals surface area (Å²) in [7, 11) is 0. The maximum absolute atomic E-state index is 14.0. The van der Waals surface area contributed by atoms with Crippen molar-refractivity contribution in [3.8, 4) is 11.4 Å². The Hall–Kier alpha value is -3.17. The molecule has 0 saturated carbocycles. The highest BCUT2D eigenvalue weighted by atomic mass is 79.9. The highest BCUT2D eigenvalue weighted by Crippen LogP contribution is 2.24. The molecule has 1 amide bonds. The molecule has 0 aliphatic heterocycles. The van der Waals surface area contributed by atoms with Crippen molar-refractivity contribution in [1.82, 2.24) is 14.8 Å². The SMILES string of the molecule is O=C(CSc1nnc(COc2ccccc2)n1-c1ccccc1)Nc1ccc(Br)cc1F. The minimum atomic E-state index is -0.509. The first-order valence-electron chi connectivity index (χ1n) is 9.65. The largest absolute Gasteiger partial charge is 0.486 e. The average Bonchev–Trinajstić information content (AvgIpc) is 3.22. The summed E-state index contributed by atoms with van der Waals surface area (Å²) in [6, 6.07) is 23.5. The number of hydrogen-bond acceptors (Lipinski definition) is 5. The number of nitrogens with one attached hydrogen (secondary N) is 1. The third-order valence-electron chi connectivity index (χ3n) is 4.36. The Morgan fingerprint density at radius 3 is 2.47 bits per heavy atom. The number of amides is 1. The summed E-state index contributed by atoms with van der Waals surface area (Å²) in [4.78, 5) is 12.4. The third kappa shape index (κ3) is 5.54. The van der Waals surface area contributed by atoms with E-state index in [-0.39, 0.29) is 24.0 Å². The molecule has 162 valence electrons. The molecule has 0 unspecified atom stereocenters. The third-order valence-corrected chi connectivity index (χ3v) is 5.79. The van der Waals surface area contributed by atoms with E-state index in [1.54, 1.807) is 6.07 Å². The number of para-hydroxylation sites is 2. The van der Waals surface area contributed by atoms with E-state index in [0.29, 0.717) is 15.5 Å². The fourth-order valence-electron chi connectivity index (χ4n) is 2.90. The number of carbonyl (C=O) groups excluding carboxylic acids is 1. The molecule has 0 aliphatic carbocycles. The molecule has 4 rings (SSSR count). The maximum atomic E-state index is 14.0. The average molecular weight is 513 g/mol. The second-order valence-electron chi connectivity index (χ2n) is 6.63. The lowest BCUT2D eigenvalue weighted by atomic mass is 10.3. The minimum Gasteiger partial charge on any atom is -0.486 e. The van der Waals surface area contributed by atoms with Crippen molar-refractivity contribution in [2.45, 2.75) is 11.8 Å². The van der Waals surface area contributed by atoms with Crippen LogP contribution in [-0.4, -0.2) is 26.4 Å². The lowest BCUT2D eigenvalue weighted by Gasteiger charge is -2.11. The maximum Gasteiger partial charge on any atom is 0.234 e. The second kappa shape index (κ2) is 10.4. The number of hydrogen-bond donors (Lipinski definition) is 1. The second-order valence-corrected chi connectivity index (χ2v) is 8.49. The van der Waals surface area contributed by atoms with Crippen molar-refractivity contribution >= 4 is 39.3 Å². The van der Waals surface area contributed by atoms with Gasteiger partial charge in [0.05, 0.1) is 11.4 Å². The Balaban J connectivity index is 1.49. The van der Waals surface area contributed by atoms with E-state index in [9.17, 15) is 9.18 Å². The predicted octanol–water partition coefficient (Wildman–Crippen LogP) is 5.48. The van der Waals surface area contributed by atoms with Crippen LogP contribution in [0.5, 0.6) is 5.75 Å². The summed E-state index contributed by atoms with van der Waals surface area (Å²) in [6.07, 6.45) is 0. The van der Waals surface area contributed by atoms with Crippen molar-refractivity contribution < 1.29 is 13.9 Å². The lowest BCUT2D eigenvalue weighted by molar-refractivity contribution is -0.113. The molecule has 9 heteroatoms. The molecular formula is C23H18BrFN4O2S. The van der Waals surface area contributed by atoms with Crippen LogP contribution in [-0.2, 0) is 11.4 Å². The van der Waals surface area contributed by atoms with Crippen LogP contribution < -0.4 is 10.1 Å². The van der Waals surface area contributed by atoms with Gasteiger partial charge in [-0.25, -0.2) is 4.39 Å². The van der Waals surface area contributed by atoms with Crippen LogP contribution in [0.2, 0.25) is 0 Å². The van der Waals surface area contributed by atoms with Gasteiger partial charge in [-0.3, -0.25) is 9.36 Å². The molecule has 0 aliphatic rings. The van der Waals surface area contributed by atoms with Crippen LogP contribution in [0.15, 0.2) is 88.5 Å². The Morgan fingerprint density at radius 2 is 1.75 bits per heavy atom. The van der Waals surface area contributed by atoms with E-state index in [0.717, 1.165) is 11.4 Å². The molecule has 0 radical (unpaired) electrons. The summed E-state index contributed by atoms with van der Waals surface area (Å²) in [6.45, 7) is 0.211. The lowest BCUT2D eigenvalue weighted by Crippen LogP contribution is -2.15. The molecule has 6 nitrogen and oxygen atoms in total. The summed E-state index contributed by atoms with van der Waals surface area (Å²) in [5, 5.41) is 11.6. The van der Waals surface area contributed by atoms with E-state index >= 15 is 0 Å². The van der Waals surface area contributed by atoms with Crippen molar-refractivity contribution in [3.05, 3.63) is 95.0 Å². The molecule has 1 heterocycles. The van der Waals surface area contributed by atoms with Gasteiger partial charge in [-0.05, 0) is 42.5 Å². The molecule has 4 aromatic rings. The normalized spacial score (nSPS) is 10.7. The highest BCUT2D eigenvalue weighted by molar-refractivity contribution is 9.10. The van der Waals surface area contributed by atoms with Gasteiger partial charge in [-0.1, -0.05) is 64.1 Å². The van der Waals surface area contributed by atoms with Crippen molar-refractivity contribution in [2.24, 2.45) is 0 Å². The molecule has 0 spiro atoms. The Labute approximate surface area is 197 Å². The number of carbonyl (C=O) groups is 1. The number of halogens is 2. The number of benzene rings is 3. The van der Waals surface area contributed by atoms with Crippen LogP contribution in [0, 0.1) is 5.82 Å². The molecular weight excluding hydrogens is 495 g/mol. The van der Waals surface area contributed by atoms with E-state index in [1.165, 1.54) is 23.9 Å². The highest BCUT2D eigenvalue weighted by Gasteiger charge is 2.17. The molecule has 0 saturated heterocycles. The zero-order valence-corrected chi connectivity index (χ0v) is 19.1. The van der Waals surface area contributed by atoms with Gasteiger partial charge >= 0.3 is 0 Å². The number of anilines is 1. The van der Waals surface area contributed by atoms with Gasteiger partial charge in [0, 0.05) is 10.2 Å². The van der Waals surface area contributed by atoms with Crippen LogP contribution >= 0.6 is 27.7 Å². The van der Waals surface area contributed by atoms with Crippen molar-refractivity contribution in [1.29, 1.82) is 0 Å². The standard InChI is InChI=1S/C23H18BrFN4O2S/c24-16-11-12-20(19(25)13-16)26-22(30)15-32-23-28-27-21(14-31-18-9-5-2-6-10-18)29(23)17-7-3-1-4-8-17/h1-13H,14-15H2,(H,26,30). The first kappa shape index (κ1) is 22.0. The van der Waals surface area contributed by atoms with Gasteiger partial charge in [0.25, 0.3) is 0 Å². The van der Waals surface area contributed by atoms with E-state index < -0.39 is 5.82 Å². The molecule has 0 atom stereocenters. The van der Waals surface area contributed by atoms with Crippen LogP contribution in [0.4, 0.5) is 10.1 Å². The Bertz CT molecular complexity index is 1210. The first-order chi connectivity index (χ1) is 15.6. The fourth-order valence-corrected chi connectivity index (χ4v) is 4.00. The van der Waals surface area contributed by atoms with Crippen LogP contribution in [0.3, 0.4) is 0 Å². The van der Waals surface area contributed by atoms with E-state index in [2.05, 4.69) is 31.4 Å². The van der Waals surface area contributed by atoms with Crippen molar-refractivity contribution in [3.63, 3.8) is 0 Å². The van der Waals surface area contributed by atoms with Gasteiger partial charge in [0.2, 0.25) is 5.91 Å². The zero-order valence-electron chi connectivity index (χ0n) is 16.7. The smallest absolute Gasteiger partial charge is 0.234 e. The Kier molecular flexibility index (Phi) is 7.18. The first-order valence-corrected chi connectivity index (χ1v) is 11.4. The molecule has 3 aromatic carbocycles. The van der Waals surface area contributed by atoms with Gasteiger partial charge in [0.1, 0.15) is 18.2 Å². The van der Waals surface area contributed by atoms with Crippen molar-refractivity contribution in [2.75, 3.05) is 11.1 Å². The summed E-state index contributed by atoms with van der Waals surface area (Å²) in [5.74, 6) is 0.508. The predicted molar refractivity (Wildman–Crippen MR) is 126 cm³/mol. The molecule has 32 heavy (non-hydrogen) atoms. The number of thioether (sulfide) groups is 1. The monoisotopic (exact) mass is 512 g/mol. The zero-order chi connectivity index (χ0) is 22.3. The molecule has 1 N–H and O–H groups in total. The molecule has 0 bridgehead atoms. The van der Waals surface area contributed by atoms with E-state index in [1.807, 2.05) is 65.2 Å². The van der Waals surface area contributed by atoms with Crippen LogP contribution in [0.25, 0.3) is 5.69 Å². The summed E-state index contributed by atoms with van der Waals surface area (Å²) in [5.41, 5.74) is 0.978. The Morgan fingerprint density at radius 1 is 1.03 bits per heavy atom. The summed E-state index contributed by atoms with van der Waals surface area (Å²) < 4.78 is 22.3. The number of ether oxygens (including phenoxy) is 1. The minimum absolute atomic E-state index is 0.0417. The van der Waals surface area contributed by atoms with Gasteiger partial charge in [-0.2, -0.15) is 0 Å². The number of rotatable bonds is 8. The number of nitrogens with zero attached hydrogens (tertiary/aromatic N) is 3. The molecule has 0 fully saturated rings. The van der Waals surface area contributed by atoms with Gasteiger partial charge in [-0.15, -0.1) is 10.2 Å². The number of aromatic nitrogens is 3. The molecule has 1 aromatic heterocycles. The fraction of sp³-hybridized carbons (Fsp3) is 0.0870. The van der Waals surface area contributed by atoms with Crippen LogP contribution in [0.1, 0.15) is 5.82 Å².